The van der Waals surface area contributed by atoms with Crippen molar-refractivity contribution >= 4 is 10.9 Å². The van der Waals surface area contributed by atoms with Crippen LogP contribution in [0.5, 0.6) is 0 Å². The Morgan fingerprint density at radius 3 is 2.71 bits per heavy atom. The molecule has 21 heavy (non-hydrogen) atoms. The number of nitrogens with one attached hydrogen (secondary N) is 1. The fourth-order valence-corrected chi connectivity index (χ4v) is 2.98. The fourth-order valence-electron chi connectivity index (χ4n) is 2.98. The molecule has 0 radical (unpaired) electrons. The van der Waals surface area contributed by atoms with Crippen LogP contribution < -0.4 is 11.2 Å². The molecule has 0 amide bonds. The lowest BCUT2D eigenvalue weighted by Crippen LogP contribution is -2.35. The summed E-state index contributed by atoms with van der Waals surface area (Å²) >= 11 is 0. The molecule has 3 rings (SSSR count). The third-order valence-electron chi connectivity index (χ3n) is 4.18. The van der Waals surface area contributed by atoms with Gasteiger partial charge in [0.05, 0.1) is 17.0 Å². The standard InChI is InChI=1S/C15H17FN2O3/c1-3-11-8(2)12(16)14(21-11)18-10-7-5-4-6-9(10)13(19)17-15(18)20/h4-8,11-12,14H,3H2,1-2H3,(H,17,19,20)/t8-,11-,12-,14-/m1/s1. The zero-order valence-electron chi connectivity index (χ0n) is 11.9. The lowest BCUT2D eigenvalue weighted by Gasteiger charge is -2.18. The van der Waals surface area contributed by atoms with Crippen molar-refractivity contribution < 1.29 is 9.13 Å². The second kappa shape index (κ2) is 5.11. The highest BCUT2D eigenvalue weighted by Crippen LogP contribution is 2.37. The predicted octanol–water partition coefficient (Wildman–Crippen LogP) is 1.97. The number of rotatable bonds is 2. The topological polar surface area (TPSA) is 64.1 Å². The molecule has 1 aromatic heterocycles. The van der Waals surface area contributed by atoms with Gasteiger partial charge in [-0.25, -0.2) is 9.18 Å². The maximum absolute atomic E-state index is 14.5. The molecule has 1 aliphatic rings. The average molecular weight is 292 g/mol. The van der Waals surface area contributed by atoms with Crippen molar-refractivity contribution in [3.05, 3.63) is 45.1 Å². The van der Waals surface area contributed by atoms with Gasteiger partial charge < -0.3 is 4.74 Å². The molecule has 5 nitrogen and oxygen atoms in total. The quantitative estimate of drug-likeness (QED) is 0.920. The number of hydrogen-bond donors (Lipinski definition) is 1. The van der Waals surface area contributed by atoms with E-state index in [9.17, 15) is 14.0 Å². The molecule has 0 unspecified atom stereocenters. The van der Waals surface area contributed by atoms with Crippen LogP contribution >= 0.6 is 0 Å². The number of nitrogens with zero attached hydrogens (tertiary/aromatic N) is 1. The van der Waals surface area contributed by atoms with Crippen LogP contribution in [-0.2, 0) is 4.74 Å². The molecule has 0 bridgehead atoms. The Morgan fingerprint density at radius 2 is 2.05 bits per heavy atom. The fraction of sp³-hybridized carbons (Fsp3) is 0.467. The first kappa shape index (κ1) is 14.0. The maximum atomic E-state index is 14.5. The third kappa shape index (κ3) is 2.10. The molecule has 0 saturated carbocycles. The van der Waals surface area contributed by atoms with Crippen LogP contribution in [-0.4, -0.2) is 21.8 Å². The van der Waals surface area contributed by atoms with Crippen LogP contribution in [0.3, 0.4) is 0 Å². The number of fused-ring (bicyclic) bond motifs is 1. The molecule has 1 aliphatic heterocycles. The van der Waals surface area contributed by atoms with Crippen LogP contribution in [0.4, 0.5) is 4.39 Å². The summed E-state index contributed by atoms with van der Waals surface area (Å²) in [7, 11) is 0. The summed E-state index contributed by atoms with van der Waals surface area (Å²) in [4.78, 5) is 26.2. The molecule has 0 spiro atoms. The van der Waals surface area contributed by atoms with Gasteiger partial charge in [0.1, 0.15) is 0 Å². The van der Waals surface area contributed by atoms with Crippen molar-refractivity contribution in [3.63, 3.8) is 0 Å². The summed E-state index contributed by atoms with van der Waals surface area (Å²) < 4.78 is 21.5. The van der Waals surface area contributed by atoms with Gasteiger partial charge in [-0.15, -0.1) is 0 Å². The molecule has 1 saturated heterocycles. The minimum absolute atomic E-state index is 0.234. The highest BCUT2D eigenvalue weighted by Gasteiger charge is 2.43. The van der Waals surface area contributed by atoms with E-state index < -0.39 is 23.6 Å². The molecular weight excluding hydrogens is 275 g/mol. The first-order chi connectivity index (χ1) is 10.0. The lowest BCUT2D eigenvalue weighted by atomic mass is 10.00. The highest BCUT2D eigenvalue weighted by atomic mass is 19.1. The molecule has 112 valence electrons. The molecule has 2 aromatic rings. The molecule has 4 atom stereocenters. The van der Waals surface area contributed by atoms with E-state index in [-0.39, 0.29) is 12.0 Å². The van der Waals surface area contributed by atoms with Crippen molar-refractivity contribution in [2.24, 2.45) is 5.92 Å². The number of alkyl halides is 1. The van der Waals surface area contributed by atoms with E-state index in [2.05, 4.69) is 4.98 Å². The van der Waals surface area contributed by atoms with E-state index in [1.807, 2.05) is 6.92 Å². The average Bonchev–Trinajstić information content (AvgIpc) is 2.75. The van der Waals surface area contributed by atoms with Crippen molar-refractivity contribution in [1.29, 1.82) is 0 Å². The van der Waals surface area contributed by atoms with E-state index in [0.29, 0.717) is 17.3 Å². The number of hydrogen-bond acceptors (Lipinski definition) is 3. The molecule has 1 fully saturated rings. The normalized spacial score (nSPS) is 29.1. The number of halogens is 1. The minimum atomic E-state index is -1.29. The van der Waals surface area contributed by atoms with E-state index in [1.165, 1.54) is 4.57 Å². The van der Waals surface area contributed by atoms with Crippen LogP contribution in [0.2, 0.25) is 0 Å². The molecule has 1 N–H and O–H groups in total. The largest absolute Gasteiger partial charge is 0.351 e. The second-order valence-corrected chi connectivity index (χ2v) is 5.42. The van der Waals surface area contributed by atoms with Gasteiger partial charge in [0.15, 0.2) is 12.4 Å². The summed E-state index contributed by atoms with van der Waals surface area (Å²) in [6.07, 6.45) is -1.85. The van der Waals surface area contributed by atoms with Crippen molar-refractivity contribution in [2.45, 2.75) is 38.8 Å². The first-order valence-electron chi connectivity index (χ1n) is 7.07. The van der Waals surface area contributed by atoms with Gasteiger partial charge in [0.2, 0.25) is 0 Å². The zero-order chi connectivity index (χ0) is 15.1. The Hall–Kier alpha value is -1.95. The van der Waals surface area contributed by atoms with Crippen molar-refractivity contribution in [2.75, 3.05) is 0 Å². The van der Waals surface area contributed by atoms with Gasteiger partial charge >= 0.3 is 5.69 Å². The summed E-state index contributed by atoms with van der Waals surface area (Å²) in [5, 5.41) is 0.348. The van der Waals surface area contributed by atoms with E-state index in [0.717, 1.165) is 0 Å². The number of benzene rings is 1. The smallest absolute Gasteiger partial charge is 0.331 e. The Balaban J connectivity index is 2.22. The molecule has 0 aliphatic carbocycles. The Bertz CT molecular complexity index is 782. The Kier molecular flexibility index (Phi) is 3.41. The molecule has 6 heteroatoms. The number of para-hydroxylation sites is 1. The minimum Gasteiger partial charge on any atom is -0.351 e. The van der Waals surface area contributed by atoms with E-state index in [4.69, 9.17) is 4.74 Å². The maximum Gasteiger partial charge on any atom is 0.331 e. The van der Waals surface area contributed by atoms with Crippen LogP contribution in [0.15, 0.2) is 33.9 Å². The summed E-state index contributed by atoms with van der Waals surface area (Å²) in [6, 6.07) is 6.64. The van der Waals surface area contributed by atoms with Crippen molar-refractivity contribution in [3.8, 4) is 0 Å². The first-order valence-corrected chi connectivity index (χ1v) is 7.07. The SMILES string of the molecule is CC[C@H]1O[C@@H](n2c(=O)[nH]c(=O)c3ccccc32)[C@H](F)[C@@H]1C. The van der Waals surface area contributed by atoms with Gasteiger partial charge in [-0.3, -0.25) is 14.3 Å². The van der Waals surface area contributed by atoms with Crippen molar-refractivity contribution in [1.82, 2.24) is 9.55 Å². The molecular formula is C15H17FN2O3. The van der Waals surface area contributed by atoms with Gasteiger partial charge in [-0.1, -0.05) is 26.0 Å². The summed E-state index contributed by atoms with van der Waals surface area (Å²) in [5.74, 6) is -0.294. The van der Waals surface area contributed by atoms with E-state index >= 15 is 0 Å². The van der Waals surface area contributed by atoms with Gasteiger partial charge in [0, 0.05) is 5.92 Å². The summed E-state index contributed by atoms with van der Waals surface area (Å²) in [5.41, 5.74) is -0.724. The Morgan fingerprint density at radius 1 is 1.33 bits per heavy atom. The lowest BCUT2D eigenvalue weighted by molar-refractivity contribution is -0.0207. The van der Waals surface area contributed by atoms with Crippen LogP contribution in [0, 0.1) is 5.92 Å². The van der Waals surface area contributed by atoms with Crippen LogP contribution in [0.1, 0.15) is 26.5 Å². The summed E-state index contributed by atoms with van der Waals surface area (Å²) in [6.45, 7) is 3.70. The third-order valence-corrected chi connectivity index (χ3v) is 4.18. The molecule has 1 aromatic carbocycles. The number of aromatic nitrogens is 2. The number of H-pyrrole nitrogens is 1. The van der Waals surface area contributed by atoms with Crippen LogP contribution in [0.25, 0.3) is 10.9 Å². The Labute approximate surface area is 120 Å². The van der Waals surface area contributed by atoms with Gasteiger partial charge in [-0.2, -0.15) is 0 Å². The highest BCUT2D eigenvalue weighted by molar-refractivity contribution is 5.77. The number of aromatic amines is 1. The van der Waals surface area contributed by atoms with E-state index in [1.54, 1.807) is 31.2 Å². The van der Waals surface area contributed by atoms with Gasteiger partial charge in [-0.05, 0) is 18.6 Å². The van der Waals surface area contributed by atoms with Gasteiger partial charge in [0.25, 0.3) is 5.56 Å². The monoisotopic (exact) mass is 292 g/mol. The number of ether oxygens (including phenoxy) is 1. The molecule has 2 heterocycles. The zero-order valence-corrected chi connectivity index (χ0v) is 11.9. The second-order valence-electron chi connectivity index (χ2n) is 5.42. The predicted molar refractivity (Wildman–Crippen MR) is 77.1 cm³/mol.